The third kappa shape index (κ3) is 4.12. The molecule has 0 spiro atoms. The van der Waals surface area contributed by atoms with Crippen molar-refractivity contribution in [2.75, 3.05) is 7.11 Å². The highest BCUT2D eigenvalue weighted by Crippen LogP contribution is 2.49. The Hall–Kier alpha value is -2.21. The van der Waals surface area contributed by atoms with Crippen molar-refractivity contribution in [2.45, 2.75) is 57.0 Å². The fourth-order valence-corrected chi connectivity index (χ4v) is 5.02. The highest BCUT2D eigenvalue weighted by atomic mass is 32.1. The number of nitrogens with zero attached hydrogens (tertiary/aromatic N) is 2. The molecule has 1 aromatic heterocycles. The van der Waals surface area contributed by atoms with Crippen molar-refractivity contribution in [2.24, 2.45) is 5.92 Å². The minimum absolute atomic E-state index is 0.0735. The third-order valence-corrected chi connectivity index (χ3v) is 6.72. The first-order valence-corrected chi connectivity index (χ1v) is 10.9. The molecule has 0 bridgehead atoms. The number of thiazole rings is 1. The summed E-state index contributed by atoms with van der Waals surface area (Å²) in [6.07, 6.45) is 6.64. The molecule has 6 heteroatoms. The molecule has 2 aromatic rings. The summed E-state index contributed by atoms with van der Waals surface area (Å²) in [7, 11) is 1.36. The SMILES string of the molecule is COC(=O)c1csc(CN(C(=O)[C@@H]2C[C@H]2c2ccccc2)C2CCCCC2)n1. The summed E-state index contributed by atoms with van der Waals surface area (Å²) in [4.78, 5) is 31.6. The van der Waals surface area contributed by atoms with Crippen LogP contribution in [-0.2, 0) is 16.1 Å². The number of aromatic nitrogens is 1. The lowest BCUT2D eigenvalue weighted by Gasteiger charge is -2.34. The largest absolute Gasteiger partial charge is 0.464 e. The van der Waals surface area contributed by atoms with E-state index in [0.29, 0.717) is 18.2 Å². The van der Waals surface area contributed by atoms with E-state index in [1.807, 2.05) is 23.1 Å². The summed E-state index contributed by atoms with van der Waals surface area (Å²) in [5, 5.41) is 2.52. The Labute approximate surface area is 169 Å². The molecule has 2 aliphatic rings. The summed E-state index contributed by atoms with van der Waals surface area (Å²) in [5.41, 5.74) is 1.58. The summed E-state index contributed by atoms with van der Waals surface area (Å²) in [6, 6.07) is 10.6. The molecule has 0 aliphatic heterocycles. The minimum atomic E-state index is -0.427. The minimum Gasteiger partial charge on any atom is -0.464 e. The van der Waals surface area contributed by atoms with Crippen LogP contribution in [0.2, 0.25) is 0 Å². The highest BCUT2D eigenvalue weighted by Gasteiger charge is 2.47. The summed E-state index contributed by atoms with van der Waals surface area (Å²) in [6.45, 7) is 0.489. The van der Waals surface area contributed by atoms with E-state index in [9.17, 15) is 9.59 Å². The van der Waals surface area contributed by atoms with Gasteiger partial charge in [0.1, 0.15) is 5.01 Å². The van der Waals surface area contributed by atoms with Gasteiger partial charge in [-0.25, -0.2) is 9.78 Å². The summed E-state index contributed by atoms with van der Waals surface area (Å²) in [5.74, 6) is 0.228. The molecule has 0 radical (unpaired) electrons. The van der Waals surface area contributed by atoms with Gasteiger partial charge in [-0.15, -0.1) is 11.3 Å². The number of methoxy groups -OCH3 is 1. The third-order valence-electron chi connectivity index (χ3n) is 5.89. The molecule has 0 N–H and O–H groups in total. The van der Waals surface area contributed by atoms with Gasteiger partial charge in [-0.05, 0) is 30.7 Å². The molecule has 2 saturated carbocycles. The maximum atomic E-state index is 13.4. The number of amides is 1. The van der Waals surface area contributed by atoms with E-state index in [4.69, 9.17) is 4.74 Å². The number of benzene rings is 1. The molecule has 0 unspecified atom stereocenters. The van der Waals surface area contributed by atoms with Crippen LogP contribution < -0.4 is 0 Å². The quantitative estimate of drug-likeness (QED) is 0.677. The van der Waals surface area contributed by atoms with Crippen LogP contribution in [0.15, 0.2) is 35.7 Å². The molecule has 28 heavy (non-hydrogen) atoms. The van der Waals surface area contributed by atoms with Crippen LogP contribution in [0.4, 0.5) is 0 Å². The highest BCUT2D eigenvalue weighted by molar-refractivity contribution is 7.09. The number of carbonyl (C=O) groups is 2. The van der Waals surface area contributed by atoms with Gasteiger partial charge in [0.2, 0.25) is 5.91 Å². The second-order valence-electron chi connectivity index (χ2n) is 7.74. The average molecular weight is 399 g/mol. The van der Waals surface area contributed by atoms with Crippen molar-refractivity contribution in [3.05, 3.63) is 52.0 Å². The molecule has 5 nitrogen and oxygen atoms in total. The van der Waals surface area contributed by atoms with Gasteiger partial charge >= 0.3 is 5.97 Å². The van der Waals surface area contributed by atoms with Crippen LogP contribution in [-0.4, -0.2) is 34.9 Å². The Bertz CT molecular complexity index is 829. The Kier molecular flexibility index (Phi) is 5.76. The molecule has 2 atom stereocenters. The zero-order valence-electron chi connectivity index (χ0n) is 16.2. The predicted octanol–water partition coefficient (Wildman–Crippen LogP) is 4.39. The van der Waals surface area contributed by atoms with Gasteiger partial charge in [0, 0.05) is 17.3 Å². The van der Waals surface area contributed by atoms with Crippen molar-refractivity contribution in [3.8, 4) is 0 Å². The molecule has 4 rings (SSSR count). The Balaban J connectivity index is 1.50. The van der Waals surface area contributed by atoms with E-state index in [1.54, 1.807) is 5.38 Å². The first-order chi connectivity index (χ1) is 13.7. The molecule has 0 saturated heterocycles. The standard InChI is InChI=1S/C22H26N2O3S/c1-27-22(26)19-14-28-20(23-19)13-24(16-10-6-3-7-11-16)21(25)18-12-17(18)15-8-4-2-5-9-15/h2,4-5,8-9,14,16-18H,3,6-7,10-13H2,1H3/t17-,18+/m0/s1. The molecular formula is C22H26N2O3S. The van der Waals surface area contributed by atoms with Crippen LogP contribution in [0, 0.1) is 5.92 Å². The lowest BCUT2D eigenvalue weighted by molar-refractivity contribution is -0.136. The van der Waals surface area contributed by atoms with Crippen LogP contribution in [0.5, 0.6) is 0 Å². The lowest BCUT2D eigenvalue weighted by Crippen LogP contribution is -2.42. The fraction of sp³-hybridized carbons (Fsp3) is 0.500. The Morgan fingerprint density at radius 3 is 2.64 bits per heavy atom. The number of ether oxygens (including phenoxy) is 1. The fourth-order valence-electron chi connectivity index (χ4n) is 4.26. The van der Waals surface area contributed by atoms with Crippen LogP contribution in [0.25, 0.3) is 0 Å². The normalized spacial score (nSPS) is 21.9. The van der Waals surface area contributed by atoms with E-state index < -0.39 is 5.97 Å². The molecule has 2 fully saturated rings. The number of hydrogen-bond acceptors (Lipinski definition) is 5. The number of carbonyl (C=O) groups excluding carboxylic acids is 2. The lowest BCUT2D eigenvalue weighted by atomic mass is 9.93. The van der Waals surface area contributed by atoms with Crippen molar-refractivity contribution in [1.29, 1.82) is 0 Å². The maximum Gasteiger partial charge on any atom is 0.357 e. The van der Waals surface area contributed by atoms with Gasteiger partial charge in [-0.2, -0.15) is 0 Å². The molecule has 1 heterocycles. The zero-order chi connectivity index (χ0) is 19.5. The second kappa shape index (κ2) is 8.43. The van der Waals surface area contributed by atoms with E-state index in [-0.39, 0.29) is 17.9 Å². The van der Waals surface area contributed by atoms with E-state index in [1.165, 1.54) is 43.3 Å². The molecule has 1 amide bonds. The van der Waals surface area contributed by atoms with Crippen LogP contribution >= 0.6 is 11.3 Å². The number of esters is 1. The van der Waals surface area contributed by atoms with Gasteiger partial charge < -0.3 is 9.64 Å². The molecule has 2 aliphatic carbocycles. The van der Waals surface area contributed by atoms with Gasteiger partial charge in [0.25, 0.3) is 0 Å². The summed E-state index contributed by atoms with van der Waals surface area (Å²) < 4.78 is 4.75. The van der Waals surface area contributed by atoms with E-state index in [0.717, 1.165) is 24.3 Å². The van der Waals surface area contributed by atoms with Crippen molar-refractivity contribution in [1.82, 2.24) is 9.88 Å². The zero-order valence-corrected chi connectivity index (χ0v) is 17.0. The van der Waals surface area contributed by atoms with Crippen molar-refractivity contribution in [3.63, 3.8) is 0 Å². The van der Waals surface area contributed by atoms with Crippen LogP contribution in [0.3, 0.4) is 0 Å². The van der Waals surface area contributed by atoms with E-state index >= 15 is 0 Å². The Morgan fingerprint density at radius 2 is 1.93 bits per heavy atom. The second-order valence-corrected chi connectivity index (χ2v) is 8.68. The smallest absolute Gasteiger partial charge is 0.357 e. The maximum absolute atomic E-state index is 13.4. The number of rotatable bonds is 6. The molecular weight excluding hydrogens is 372 g/mol. The van der Waals surface area contributed by atoms with Crippen molar-refractivity contribution >= 4 is 23.2 Å². The van der Waals surface area contributed by atoms with Gasteiger partial charge in [-0.1, -0.05) is 49.6 Å². The topological polar surface area (TPSA) is 59.5 Å². The monoisotopic (exact) mass is 398 g/mol. The Morgan fingerprint density at radius 1 is 1.18 bits per heavy atom. The summed E-state index contributed by atoms with van der Waals surface area (Å²) >= 11 is 1.43. The molecule has 1 aromatic carbocycles. The number of hydrogen-bond donors (Lipinski definition) is 0. The first kappa shape index (κ1) is 19.1. The van der Waals surface area contributed by atoms with Gasteiger partial charge in [-0.3, -0.25) is 4.79 Å². The van der Waals surface area contributed by atoms with Crippen LogP contribution in [0.1, 0.15) is 65.5 Å². The van der Waals surface area contributed by atoms with Crippen molar-refractivity contribution < 1.29 is 14.3 Å². The first-order valence-electron chi connectivity index (χ1n) is 10.1. The van der Waals surface area contributed by atoms with Gasteiger partial charge in [0.15, 0.2) is 5.69 Å². The van der Waals surface area contributed by atoms with E-state index in [2.05, 4.69) is 17.1 Å². The average Bonchev–Trinajstić information content (AvgIpc) is 3.42. The predicted molar refractivity (Wildman–Crippen MR) is 108 cm³/mol. The van der Waals surface area contributed by atoms with Gasteiger partial charge in [0.05, 0.1) is 13.7 Å². The molecule has 148 valence electrons.